The monoisotopic (exact) mass is 216 g/mol. The summed E-state index contributed by atoms with van der Waals surface area (Å²) in [4.78, 5) is 15.1. The van der Waals surface area contributed by atoms with Crippen LogP contribution in [0.3, 0.4) is 0 Å². The molecule has 2 N–H and O–H groups in total. The summed E-state index contributed by atoms with van der Waals surface area (Å²) < 4.78 is 0. The van der Waals surface area contributed by atoms with Gasteiger partial charge >= 0.3 is 0 Å². The Kier molecular flexibility index (Phi) is 2.95. The molecule has 0 aliphatic heterocycles. The standard InChI is InChI=1S/C13H16N2O/c1-3-9(2)15-13(16)11-6-4-5-10-7-8-14-12(10)11/h4-9,14H,3H2,1-2H3,(H,15,16). The number of nitrogens with one attached hydrogen (secondary N) is 2. The lowest BCUT2D eigenvalue weighted by Gasteiger charge is -2.11. The zero-order valence-corrected chi connectivity index (χ0v) is 9.58. The van der Waals surface area contributed by atoms with Crippen LogP contribution in [-0.4, -0.2) is 16.9 Å². The molecule has 1 amide bonds. The molecule has 1 aromatic carbocycles. The number of H-pyrrole nitrogens is 1. The number of rotatable bonds is 3. The van der Waals surface area contributed by atoms with E-state index in [0.717, 1.165) is 17.3 Å². The van der Waals surface area contributed by atoms with Crippen molar-refractivity contribution in [2.24, 2.45) is 0 Å². The van der Waals surface area contributed by atoms with Crippen molar-refractivity contribution in [3.8, 4) is 0 Å². The van der Waals surface area contributed by atoms with Crippen LogP contribution in [-0.2, 0) is 0 Å². The summed E-state index contributed by atoms with van der Waals surface area (Å²) in [6.45, 7) is 4.06. The summed E-state index contributed by atoms with van der Waals surface area (Å²) in [6, 6.07) is 7.91. The third-order valence-electron chi connectivity index (χ3n) is 2.82. The fourth-order valence-corrected chi connectivity index (χ4v) is 1.68. The summed E-state index contributed by atoms with van der Waals surface area (Å²) >= 11 is 0. The Morgan fingerprint density at radius 1 is 1.44 bits per heavy atom. The van der Waals surface area contributed by atoms with Gasteiger partial charge in [0, 0.05) is 17.6 Å². The molecular weight excluding hydrogens is 200 g/mol. The lowest BCUT2D eigenvalue weighted by Crippen LogP contribution is -2.32. The highest BCUT2D eigenvalue weighted by atomic mass is 16.1. The maximum absolute atomic E-state index is 12.0. The van der Waals surface area contributed by atoms with E-state index in [-0.39, 0.29) is 11.9 Å². The normalized spacial score (nSPS) is 12.6. The molecule has 1 aromatic heterocycles. The molecule has 0 saturated carbocycles. The first-order valence-corrected chi connectivity index (χ1v) is 5.59. The Morgan fingerprint density at radius 3 is 3.00 bits per heavy atom. The van der Waals surface area contributed by atoms with Crippen molar-refractivity contribution in [3.63, 3.8) is 0 Å². The lowest BCUT2D eigenvalue weighted by molar-refractivity contribution is 0.0941. The molecule has 16 heavy (non-hydrogen) atoms. The third kappa shape index (κ3) is 1.94. The third-order valence-corrected chi connectivity index (χ3v) is 2.82. The highest BCUT2D eigenvalue weighted by Gasteiger charge is 2.11. The number of carbonyl (C=O) groups excluding carboxylic acids is 1. The van der Waals surface area contributed by atoms with Crippen molar-refractivity contribution in [2.75, 3.05) is 0 Å². The van der Waals surface area contributed by atoms with Crippen LogP contribution in [0.5, 0.6) is 0 Å². The van der Waals surface area contributed by atoms with Crippen LogP contribution in [0.25, 0.3) is 10.9 Å². The molecule has 0 fully saturated rings. The van der Waals surface area contributed by atoms with E-state index < -0.39 is 0 Å². The van der Waals surface area contributed by atoms with Gasteiger partial charge in [-0.2, -0.15) is 0 Å². The van der Waals surface area contributed by atoms with Gasteiger partial charge in [-0.15, -0.1) is 0 Å². The molecule has 3 heteroatoms. The van der Waals surface area contributed by atoms with E-state index >= 15 is 0 Å². The van der Waals surface area contributed by atoms with Crippen molar-refractivity contribution in [1.29, 1.82) is 0 Å². The first-order valence-electron chi connectivity index (χ1n) is 5.59. The zero-order valence-electron chi connectivity index (χ0n) is 9.58. The molecule has 0 radical (unpaired) electrons. The second kappa shape index (κ2) is 4.39. The number of aromatic nitrogens is 1. The van der Waals surface area contributed by atoms with Gasteiger partial charge in [-0.1, -0.05) is 19.1 Å². The van der Waals surface area contributed by atoms with Crippen LogP contribution in [0, 0.1) is 0 Å². The van der Waals surface area contributed by atoms with E-state index in [0.29, 0.717) is 5.56 Å². The minimum Gasteiger partial charge on any atom is -0.361 e. The molecule has 2 rings (SSSR count). The van der Waals surface area contributed by atoms with Gasteiger partial charge in [0.15, 0.2) is 0 Å². The van der Waals surface area contributed by atoms with Gasteiger partial charge in [-0.05, 0) is 25.5 Å². The molecule has 0 spiro atoms. The first-order chi connectivity index (χ1) is 7.72. The number of carbonyl (C=O) groups is 1. The quantitative estimate of drug-likeness (QED) is 0.814. The SMILES string of the molecule is CCC(C)NC(=O)c1cccc2cc[nH]c12. The molecule has 1 unspecified atom stereocenters. The molecule has 0 aliphatic rings. The molecule has 1 atom stereocenters. The number of benzene rings is 1. The van der Waals surface area contributed by atoms with E-state index in [1.165, 1.54) is 0 Å². The summed E-state index contributed by atoms with van der Waals surface area (Å²) in [6.07, 6.45) is 2.79. The number of hydrogen-bond donors (Lipinski definition) is 2. The van der Waals surface area contributed by atoms with Crippen LogP contribution in [0.15, 0.2) is 30.5 Å². The summed E-state index contributed by atoms with van der Waals surface area (Å²) in [7, 11) is 0. The van der Waals surface area contributed by atoms with Crippen LogP contribution < -0.4 is 5.32 Å². The van der Waals surface area contributed by atoms with Crippen LogP contribution in [0.1, 0.15) is 30.6 Å². The number of aromatic amines is 1. The van der Waals surface area contributed by atoms with Gasteiger partial charge in [0.05, 0.1) is 11.1 Å². The Balaban J connectivity index is 2.32. The summed E-state index contributed by atoms with van der Waals surface area (Å²) in [5.74, 6) is -0.0117. The van der Waals surface area contributed by atoms with Gasteiger partial charge in [-0.25, -0.2) is 0 Å². The fourth-order valence-electron chi connectivity index (χ4n) is 1.68. The van der Waals surface area contributed by atoms with Gasteiger partial charge in [-0.3, -0.25) is 4.79 Å². The van der Waals surface area contributed by atoms with Gasteiger partial charge in [0.2, 0.25) is 0 Å². The van der Waals surface area contributed by atoms with E-state index in [9.17, 15) is 4.79 Å². The minimum absolute atomic E-state index is 0.0117. The number of fused-ring (bicyclic) bond motifs is 1. The van der Waals surface area contributed by atoms with Crippen LogP contribution in [0.4, 0.5) is 0 Å². The molecule has 1 heterocycles. The molecule has 0 bridgehead atoms. The number of hydrogen-bond acceptors (Lipinski definition) is 1. The van der Waals surface area contributed by atoms with Crippen molar-refractivity contribution < 1.29 is 4.79 Å². The van der Waals surface area contributed by atoms with E-state index in [4.69, 9.17) is 0 Å². The first kappa shape index (κ1) is 10.7. The average molecular weight is 216 g/mol. The highest BCUT2D eigenvalue weighted by Crippen LogP contribution is 2.16. The molecular formula is C13H16N2O. The van der Waals surface area contributed by atoms with Gasteiger partial charge in [0.1, 0.15) is 0 Å². The van der Waals surface area contributed by atoms with E-state index in [1.807, 2.05) is 37.4 Å². The second-order valence-electron chi connectivity index (χ2n) is 4.03. The fraction of sp³-hybridized carbons (Fsp3) is 0.308. The molecule has 0 saturated heterocycles. The van der Waals surface area contributed by atoms with Gasteiger partial charge in [0.25, 0.3) is 5.91 Å². The lowest BCUT2D eigenvalue weighted by atomic mass is 10.1. The summed E-state index contributed by atoms with van der Waals surface area (Å²) in [5, 5.41) is 4.04. The number of para-hydroxylation sites is 1. The Bertz CT molecular complexity index is 501. The highest BCUT2D eigenvalue weighted by molar-refractivity contribution is 6.05. The van der Waals surface area contributed by atoms with Crippen molar-refractivity contribution in [1.82, 2.24) is 10.3 Å². The van der Waals surface area contributed by atoms with E-state index in [1.54, 1.807) is 0 Å². The van der Waals surface area contributed by atoms with Crippen molar-refractivity contribution >= 4 is 16.8 Å². The molecule has 0 aliphatic carbocycles. The summed E-state index contributed by atoms with van der Waals surface area (Å²) in [5.41, 5.74) is 1.62. The average Bonchev–Trinajstić information content (AvgIpc) is 2.76. The Hall–Kier alpha value is -1.77. The molecule has 84 valence electrons. The Labute approximate surface area is 94.9 Å². The largest absolute Gasteiger partial charge is 0.361 e. The topological polar surface area (TPSA) is 44.9 Å². The van der Waals surface area contributed by atoms with Gasteiger partial charge < -0.3 is 10.3 Å². The van der Waals surface area contributed by atoms with Crippen molar-refractivity contribution in [3.05, 3.63) is 36.0 Å². The number of amides is 1. The minimum atomic E-state index is -0.0117. The predicted molar refractivity (Wildman–Crippen MR) is 65.5 cm³/mol. The van der Waals surface area contributed by atoms with Crippen LogP contribution in [0.2, 0.25) is 0 Å². The second-order valence-corrected chi connectivity index (χ2v) is 4.03. The maximum Gasteiger partial charge on any atom is 0.253 e. The van der Waals surface area contributed by atoms with Crippen molar-refractivity contribution in [2.45, 2.75) is 26.3 Å². The van der Waals surface area contributed by atoms with Crippen LogP contribution >= 0.6 is 0 Å². The Morgan fingerprint density at radius 2 is 2.25 bits per heavy atom. The molecule has 2 aromatic rings. The smallest absolute Gasteiger partial charge is 0.253 e. The maximum atomic E-state index is 12.0. The molecule has 3 nitrogen and oxygen atoms in total. The zero-order chi connectivity index (χ0) is 11.5. The predicted octanol–water partition coefficient (Wildman–Crippen LogP) is 2.70. The van der Waals surface area contributed by atoms with E-state index in [2.05, 4.69) is 17.2 Å².